The van der Waals surface area contributed by atoms with Gasteiger partial charge in [-0.25, -0.2) is 9.78 Å². The van der Waals surface area contributed by atoms with Crippen LogP contribution >= 0.6 is 0 Å². The van der Waals surface area contributed by atoms with Crippen LogP contribution in [0, 0.1) is 0 Å². The van der Waals surface area contributed by atoms with Gasteiger partial charge in [0.05, 0.1) is 22.5 Å². The van der Waals surface area contributed by atoms with Crippen molar-refractivity contribution in [3.63, 3.8) is 0 Å². The molecule has 4 N–H and O–H groups in total. The van der Waals surface area contributed by atoms with Crippen LogP contribution in [0.2, 0.25) is 0 Å². The maximum atomic E-state index is 13.0. The molecule has 0 saturated carbocycles. The SMILES string of the molecule is Nc1cccc(Nc2ccc3cccc(-c4cc5c(n4OC(=O)C(F)(F)F)CCNC5=O)c3n2)c1. The van der Waals surface area contributed by atoms with Crippen LogP contribution in [0.15, 0.2) is 60.7 Å². The molecular weight excluding hydrogens is 463 g/mol. The third-order valence-corrected chi connectivity index (χ3v) is 5.51. The van der Waals surface area contributed by atoms with Gasteiger partial charge in [-0.3, -0.25) is 4.79 Å². The van der Waals surface area contributed by atoms with Gasteiger partial charge < -0.3 is 21.2 Å². The monoisotopic (exact) mass is 481 g/mol. The summed E-state index contributed by atoms with van der Waals surface area (Å²) >= 11 is 0. The minimum Gasteiger partial charge on any atom is -0.399 e. The normalized spacial score (nSPS) is 13.3. The van der Waals surface area contributed by atoms with E-state index in [9.17, 15) is 22.8 Å². The Morgan fingerprint density at radius 3 is 2.66 bits per heavy atom. The van der Waals surface area contributed by atoms with Crippen LogP contribution in [-0.2, 0) is 11.2 Å². The fourth-order valence-electron chi connectivity index (χ4n) is 3.97. The van der Waals surface area contributed by atoms with Crippen LogP contribution in [0.1, 0.15) is 16.1 Å². The predicted octanol–water partition coefficient (Wildman–Crippen LogP) is 3.83. The number of halogens is 3. The van der Waals surface area contributed by atoms with Crippen molar-refractivity contribution in [1.29, 1.82) is 0 Å². The van der Waals surface area contributed by atoms with Gasteiger partial charge >= 0.3 is 12.1 Å². The van der Waals surface area contributed by atoms with Crippen LogP contribution in [-0.4, -0.2) is 34.3 Å². The molecule has 0 unspecified atom stereocenters. The molecule has 0 atom stereocenters. The van der Waals surface area contributed by atoms with Gasteiger partial charge in [-0.1, -0.05) is 24.3 Å². The van der Waals surface area contributed by atoms with E-state index in [0.717, 1.165) is 4.73 Å². The second kappa shape index (κ2) is 8.35. The van der Waals surface area contributed by atoms with Gasteiger partial charge in [-0.2, -0.15) is 17.9 Å². The van der Waals surface area contributed by atoms with Crippen LogP contribution in [0.3, 0.4) is 0 Å². The number of aromatic nitrogens is 2. The van der Waals surface area contributed by atoms with Crippen molar-refractivity contribution in [3.05, 3.63) is 71.9 Å². The molecule has 0 bridgehead atoms. The Labute approximate surface area is 196 Å². The third kappa shape index (κ3) is 4.23. The average molecular weight is 481 g/mol. The molecule has 0 saturated heterocycles. The Balaban J connectivity index is 1.65. The Hall–Kier alpha value is -4.54. The molecule has 4 aromatic rings. The van der Waals surface area contributed by atoms with Crippen LogP contribution in [0.4, 0.5) is 30.4 Å². The fourth-order valence-corrected chi connectivity index (χ4v) is 3.97. The van der Waals surface area contributed by atoms with Crippen molar-refractivity contribution in [2.45, 2.75) is 12.6 Å². The zero-order chi connectivity index (χ0) is 24.7. The molecule has 2 aromatic heterocycles. The molecule has 0 radical (unpaired) electrons. The molecule has 11 heteroatoms. The van der Waals surface area contributed by atoms with Crippen molar-refractivity contribution in [2.75, 3.05) is 17.6 Å². The highest BCUT2D eigenvalue weighted by molar-refractivity contribution is 6.00. The van der Waals surface area contributed by atoms with Crippen molar-refractivity contribution < 1.29 is 27.6 Å². The summed E-state index contributed by atoms with van der Waals surface area (Å²) in [5.74, 6) is -2.39. The molecule has 35 heavy (non-hydrogen) atoms. The summed E-state index contributed by atoms with van der Waals surface area (Å²) in [4.78, 5) is 33.5. The van der Waals surface area contributed by atoms with Gasteiger partial charge in [0.1, 0.15) is 5.82 Å². The first-order valence-corrected chi connectivity index (χ1v) is 10.6. The van der Waals surface area contributed by atoms with E-state index >= 15 is 0 Å². The number of para-hydroxylation sites is 1. The minimum atomic E-state index is -5.21. The van der Waals surface area contributed by atoms with Crippen molar-refractivity contribution >= 4 is 40.0 Å². The maximum Gasteiger partial charge on any atom is 0.493 e. The summed E-state index contributed by atoms with van der Waals surface area (Å²) in [7, 11) is 0. The summed E-state index contributed by atoms with van der Waals surface area (Å²) in [6.07, 6.45) is -5.02. The number of pyridine rings is 1. The van der Waals surface area contributed by atoms with Crippen LogP contribution < -0.4 is 21.2 Å². The first-order valence-electron chi connectivity index (χ1n) is 10.6. The zero-order valence-electron chi connectivity index (χ0n) is 18.0. The topological polar surface area (TPSA) is 111 Å². The van der Waals surface area contributed by atoms with E-state index in [1.54, 1.807) is 48.5 Å². The highest BCUT2D eigenvalue weighted by atomic mass is 19.4. The average Bonchev–Trinajstić information content (AvgIpc) is 3.17. The number of hydrogen-bond acceptors (Lipinski definition) is 6. The number of benzene rings is 2. The number of carbonyl (C=O) groups is 2. The van der Waals surface area contributed by atoms with E-state index in [1.165, 1.54) is 6.07 Å². The van der Waals surface area contributed by atoms with Gasteiger partial charge in [0.2, 0.25) is 0 Å². The zero-order valence-corrected chi connectivity index (χ0v) is 18.0. The number of nitrogens with one attached hydrogen (secondary N) is 2. The van der Waals surface area contributed by atoms with E-state index in [-0.39, 0.29) is 29.9 Å². The lowest BCUT2D eigenvalue weighted by atomic mass is 10.1. The predicted molar refractivity (Wildman–Crippen MR) is 123 cm³/mol. The Morgan fingerprint density at radius 1 is 1.09 bits per heavy atom. The summed E-state index contributed by atoms with van der Waals surface area (Å²) in [5.41, 5.74) is 8.31. The van der Waals surface area contributed by atoms with E-state index in [4.69, 9.17) is 10.6 Å². The summed E-state index contributed by atoms with van der Waals surface area (Å²) < 4.78 is 39.9. The van der Waals surface area contributed by atoms with Gasteiger partial charge in [-0.05, 0) is 36.4 Å². The molecule has 0 fully saturated rings. The molecule has 178 valence electrons. The highest BCUT2D eigenvalue weighted by Crippen LogP contribution is 2.33. The minimum absolute atomic E-state index is 0.101. The number of nitrogens with zero attached hydrogens (tertiary/aromatic N) is 2. The summed E-state index contributed by atoms with van der Waals surface area (Å²) in [5, 5.41) is 6.48. The molecule has 0 aliphatic carbocycles. The second-order valence-corrected chi connectivity index (χ2v) is 7.89. The fraction of sp³-hybridized carbons (Fsp3) is 0.125. The molecular formula is C24H18F3N5O3. The number of hydrogen-bond donors (Lipinski definition) is 3. The quantitative estimate of drug-likeness (QED) is 0.382. The lowest BCUT2D eigenvalue weighted by Gasteiger charge is -2.18. The van der Waals surface area contributed by atoms with E-state index in [0.29, 0.717) is 33.7 Å². The van der Waals surface area contributed by atoms with Gasteiger partial charge in [0, 0.05) is 35.3 Å². The van der Waals surface area contributed by atoms with Crippen molar-refractivity contribution in [3.8, 4) is 11.3 Å². The number of fused-ring (bicyclic) bond motifs is 2. The molecule has 1 aliphatic rings. The number of rotatable bonds is 4. The van der Waals surface area contributed by atoms with Crippen molar-refractivity contribution in [2.24, 2.45) is 0 Å². The molecule has 2 aromatic carbocycles. The van der Waals surface area contributed by atoms with Crippen molar-refractivity contribution in [1.82, 2.24) is 15.0 Å². The summed E-state index contributed by atoms with van der Waals surface area (Å²) in [6, 6.07) is 17.1. The largest absolute Gasteiger partial charge is 0.493 e. The Bertz CT molecular complexity index is 1480. The number of nitrogen functional groups attached to an aromatic ring is 1. The number of carbonyl (C=O) groups excluding carboxylic acids is 2. The molecule has 8 nitrogen and oxygen atoms in total. The first kappa shape index (κ1) is 22.3. The standard InChI is InChI=1S/C24H18F3N5O3/c25-24(26,27)23(34)35-32-18-9-10-29-22(33)17(18)12-19(32)16-6-1-3-13-7-8-20(31-21(13)16)30-15-5-2-4-14(28)11-15/h1-8,11-12H,9-10,28H2,(H,29,33)(H,30,31). The van der Waals surface area contributed by atoms with Gasteiger partial charge in [0.25, 0.3) is 5.91 Å². The van der Waals surface area contributed by atoms with E-state index < -0.39 is 18.1 Å². The molecule has 1 aliphatic heterocycles. The van der Waals surface area contributed by atoms with E-state index in [1.807, 2.05) is 6.07 Å². The third-order valence-electron chi connectivity index (χ3n) is 5.51. The lowest BCUT2D eigenvalue weighted by Crippen LogP contribution is -2.37. The number of nitrogens with two attached hydrogens (primary N) is 1. The molecule has 0 spiro atoms. The highest BCUT2D eigenvalue weighted by Gasteiger charge is 2.43. The van der Waals surface area contributed by atoms with Gasteiger partial charge in [-0.15, -0.1) is 0 Å². The number of anilines is 3. The maximum absolute atomic E-state index is 13.0. The lowest BCUT2D eigenvalue weighted by molar-refractivity contribution is -0.199. The number of amides is 1. The molecule has 5 rings (SSSR count). The number of alkyl halides is 3. The van der Waals surface area contributed by atoms with Crippen LogP contribution in [0.25, 0.3) is 22.2 Å². The first-order chi connectivity index (χ1) is 16.7. The second-order valence-electron chi connectivity index (χ2n) is 7.89. The summed E-state index contributed by atoms with van der Waals surface area (Å²) in [6.45, 7) is 0.195. The van der Waals surface area contributed by atoms with Gasteiger partial charge in [0.15, 0.2) is 0 Å². The van der Waals surface area contributed by atoms with Crippen LogP contribution in [0.5, 0.6) is 0 Å². The molecule has 1 amide bonds. The smallest absolute Gasteiger partial charge is 0.399 e. The van der Waals surface area contributed by atoms with E-state index in [2.05, 4.69) is 15.6 Å². The Morgan fingerprint density at radius 2 is 1.89 bits per heavy atom. The Kier molecular flexibility index (Phi) is 5.31. The molecule has 3 heterocycles.